The third kappa shape index (κ3) is 16.8. The maximum atomic E-state index is 13.1. The summed E-state index contributed by atoms with van der Waals surface area (Å²) < 4.78 is 64.6. The lowest BCUT2D eigenvalue weighted by molar-refractivity contribution is 0.108. The average Bonchev–Trinajstić information content (AvgIpc) is 3.34. The molecule has 0 spiro atoms. The number of carbonyl (C=O) groups excluding carboxylic acids is 2. The Morgan fingerprint density at radius 1 is 0.392 bits per heavy atom. The molecule has 1 aliphatic carbocycles. The van der Waals surface area contributed by atoms with Gasteiger partial charge in [-0.05, 0) is 168 Å². The van der Waals surface area contributed by atoms with Gasteiger partial charge in [0, 0.05) is 63.2 Å². The summed E-state index contributed by atoms with van der Waals surface area (Å²) in [6.45, 7) is 36.0. The molecule has 4 aromatic carbocycles. The Bertz CT molecular complexity index is 2190. The number of ether oxygens (including phenoxy) is 8. The Hall–Kier alpha value is -4.39. The lowest BCUT2D eigenvalue weighted by Crippen LogP contribution is -2.40. The van der Waals surface area contributed by atoms with Gasteiger partial charge in [0.05, 0.1) is 39.6 Å². The Balaban J connectivity index is 1.92. The third-order valence-electron chi connectivity index (χ3n) is 14.5. The lowest BCUT2D eigenvalue weighted by Gasteiger charge is -2.36. The van der Waals surface area contributed by atoms with E-state index < -0.39 is 16.6 Å². The van der Waals surface area contributed by atoms with E-state index in [-0.39, 0.29) is 10.1 Å². The fourth-order valence-corrected chi connectivity index (χ4v) is 10.4. The highest BCUT2D eigenvalue weighted by Crippen LogP contribution is 2.43. The first-order chi connectivity index (χ1) is 35.2. The highest BCUT2D eigenvalue weighted by Gasteiger charge is 2.38. The lowest BCUT2D eigenvalue weighted by atomic mass is 9.88. The van der Waals surface area contributed by atoms with E-state index in [1.807, 2.05) is 52.0 Å². The van der Waals surface area contributed by atoms with Crippen LogP contribution in [0, 0.1) is 0 Å². The van der Waals surface area contributed by atoms with Crippen LogP contribution in [0.4, 0.5) is 0 Å². The minimum atomic E-state index is -2.21. The van der Waals surface area contributed by atoms with Crippen LogP contribution in [0.2, 0.25) is 36.3 Å². The third-order valence-corrected chi connectivity index (χ3v) is 23.4. The van der Waals surface area contributed by atoms with Crippen molar-refractivity contribution in [3.8, 4) is 23.0 Å². The average molecular weight is 1060 g/mol. The van der Waals surface area contributed by atoms with Crippen LogP contribution < -0.4 is 18.9 Å². The molecule has 0 fully saturated rings. The van der Waals surface area contributed by atoms with E-state index in [1.165, 1.54) is 0 Å². The number of rotatable bonds is 28. The minimum Gasteiger partial charge on any atom is -0.491 e. The molecule has 0 amide bonds. The molecule has 408 valence electrons. The van der Waals surface area contributed by atoms with Crippen molar-refractivity contribution in [2.75, 3.05) is 79.3 Å². The second kappa shape index (κ2) is 28.1. The summed E-state index contributed by atoms with van der Waals surface area (Å²) in [7, 11) is -4.42. The highest BCUT2D eigenvalue weighted by atomic mass is 28.4. The van der Waals surface area contributed by atoms with E-state index in [0.29, 0.717) is 152 Å². The van der Waals surface area contributed by atoms with Crippen LogP contribution in [0.5, 0.6) is 23.0 Å². The Morgan fingerprint density at radius 2 is 0.622 bits per heavy atom. The van der Waals surface area contributed by atoms with Gasteiger partial charge in [-0.25, -0.2) is 0 Å². The second-order valence-corrected chi connectivity index (χ2v) is 31.7. The Kier molecular flexibility index (Phi) is 23.0. The molecule has 0 unspecified atom stereocenters. The molecule has 12 nitrogen and oxygen atoms in total. The van der Waals surface area contributed by atoms with Crippen molar-refractivity contribution in [2.24, 2.45) is 0 Å². The molecular weight excluding hydrogens is 969 g/mol. The summed E-state index contributed by atoms with van der Waals surface area (Å²) in [5.74, 6) is 2.71. The fraction of sp³-hybridized carbons (Fsp3) is 0.567. The predicted molar refractivity (Wildman–Crippen MR) is 300 cm³/mol. The zero-order chi connectivity index (χ0) is 54.1. The SMILES string of the molecule is CCOCCOc1c2cc(C=O)cc1Cc1cc(CO[Si](C)(C)C(C)(C)C)cc(c1OCCOCC)Cc1cc(C=O)cc(c1OCCOCC)Cc1cc(CO[Si](C)(C)C(C)(C)C)cc(c1OCCOCC)C2. The molecule has 0 aliphatic heterocycles. The zero-order valence-electron chi connectivity index (χ0n) is 47.4. The van der Waals surface area contributed by atoms with Gasteiger partial charge in [-0.15, -0.1) is 0 Å². The molecule has 14 heteroatoms. The molecule has 8 bridgehead atoms. The number of aldehydes is 2. The molecule has 0 heterocycles. The summed E-state index contributed by atoms with van der Waals surface area (Å²) in [5.41, 5.74) is 9.82. The van der Waals surface area contributed by atoms with Crippen LogP contribution in [0.1, 0.15) is 146 Å². The Labute approximate surface area is 445 Å². The molecule has 4 aromatic rings. The zero-order valence-corrected chi connectivity index (χ0v) is 49.4. The van der Waals surface area contributed by atoms with E-state index in [9.17, 15) is 9.59 Å². The topological polar surface area (TPSA) is 126 Å². The number of carbonyl (C=O) groups is 2. The van der Waals surface area contributed by atoms with Crippen molar-refractivity contribution in [1.82, 2.24) is 0 Å². The van der Waals surface area contributed by atoms with Crippen LogP contribution in [-0.4, -0.2) is 108 Å². The number of hydrogen-bond donors (Lipinski definition) is 0. The van der Waals surface area contributed by atoms with Crippen molar-refractivity contribution >= 4 is 29.2 Å². The largest absolute Gasteiger partial charge is 0.491 e. The second-order valence-electron chi connectivity index (χ2n) is 22.0. The van der Waals surface area contributed by atoms with E-state index in [1.54, 1.807) is 0 Å². The summed E-state index contributed by atoms with van der Waals surface area (Å²) >= 11 is 0. The quantitative estimate of drug-likeness (QED) is 0.0269. The van der Waals surface area contributed by atoms with Gasteiger partial charge in [0.2, 0.25) is 0 Å². The first-order valence-corrected chi connectivity index (χ1v) is 32.6. The molecule has 0 saturated heterocycles. The van der Waals surface area contributed by atoms with Crippen molar-refractivity contribution < 1.29 is 56.3 Å². The molecule has 0 saturated carbocycles. The van der Waals surface area contributed by atoms with Gasteiger partial charge in [0.15, 0.2) is 16.6 Å². The van der Waals surface area contributed by atoms with Crippen molar-refractivity contribution in [3.63, 3.8) is 0 Å². The smallest absolute Gasteiger partial charge is 0.192 e. The van der Waals surface area contributed by atoms with Crippen LogP contribution in [0.25, 0.3) is 0 Å². The van der Waals surface area contributed by atoms with Gasteiger partial charge in [-0.2, -0.15) is 0 Å². The molecule has 0 atom stereocenters. The molecule has 0 N–H and O–H groups in total. The van der Waals surface area contributed by atoms with Crippen molar-refractivity contribution in [3.05, 3.63) is 115 Å². The van der Waals surface area contributed by atoms with Crippen molar-refractivity contribution in [1.29, 1.82) is 0 Å². The summed E-state index contributed by atoms with van der Waals surface area (Å²) in [5, 5.41) is -0.0360. The monoisotopic (exact) mass is 1060 g/mol. The normalized spacial score (nSPS) is 13.2. The predicted octanol–water partition coefficient (Wildman–Crippen LogP) is 12.7. The molecule has 0 radical (unpaired) electrons. The summed E-state index contributed by atoms with van der Waals surface area (Å²) in [6, 6.07) is 16.4. The molecule has 1 aliphatic rings. The first-order valence-electron chi connectivity index (χ1n) is 26.8. The standard InChI is InChI=1S/C60H88O12Si2/c1-15-63-19-23-67-55-47-27-43(39-61)28-48(55)36-52-32-46(42-72-74(13,14)60(8,9)10)34-54(58(52)70-26-22-66-18-4)38-50-30-44(40-62)29-49(56(50)68-24-20-64-16-2)37-53-33-45(41-71-73(11,12)59(5,6)7)31-51(35-47)57(53)69-25-21-65-17-3/h27-34,39-40H,15-26,35-38,41-42H2,1-14H3. The van der Waals surface area contributed by atoms with Gasteiger partial charge >= 0.3 is 0 Å². The van der Waals surface area contributed by atoms with Crippen LogP contribution in [0.15, 0.2) is 48.5 Å². The maximum Gasteiger partial charge on any atom is 0.192 e. The molecule has 5 rings (SSSR count). The number of benzene rings is 4. The van der Waals surface area contributed by atoms with Gasteiger partial charge in [0.25, 0.3) is 0 Å². The molecule has 0 aromatic heterocycles. The van der Waals surface area contributed by atoms with Crippen LogP contribution in [-0.2, 0) is 66.7 Å². The number of hydrogen-bond acceptors (Lipinski definition) is 12. The Morgan fingerprint density at radius 3 is 0.824 bits per heavy atom. The highest BCUT2D eigenvalue weighted by molar-refractivity contribution is 6.74. The van der Waals surface area contributed by atoms with E-state index in [0.717, 1.165) is 68.2 Å². The molecular formula is C60H88O12Si2. The fourth-order valence-electron chi connectivity index (χ4n) is 8.48. The number of fused-ring (bicyclic) bond motifs is 8. The van der Waals surface area contributed by atoms with E-state index in [4.69, 9.17) is 46.7 Å². The van der Waals surface area contributed by atoms with Gasteiger partial charge in [-0.3, -0.25) is 9.59 Å². The van der Waals surface area contributed by atoms with E-state index in [2.05, 4.69) is 92.0 Å². The van der Waals surface area contributed by atoms with E-state index >= 15 is 0 Å². The van der Waals surface area contributed by atoms with Gasteiger partial charge in [-0.1, -0.05) is 41.5 Å². The summed E-state index contributed by atoms with van der Waals surface area (Å²) in [4.78, 5) is 26.2. The molecule has 74 heavy (non-hydrogen) atoms. The van der Waals surface area contributed by atoms with Crippen LogP contribution >= 0.6 is 0 Å². The first kappa shape index (κ1) is 60.5. The maximum absolute atomic E-state index is 13.1. The minimum absolute atomic E-state index is 0.0180. The van der Waals surface area contributed by atoms with Crippen LogP contribution in [0.3, 0.4) is 0 Å². The summed E-state index contributed by atoms with van der Waals surface area (Å²) in [6.07, 6.45) is 3.22. The van der Waals surface area contributed by atoms with Gasteiger partial charge < -0.3 is 46.7 Å². The van der Waals surface area contributed by atoms with Gasteiger partial charge in [0.1, 0.15) is 62.0 Å². The van der Waals surface area contributed by atoms with Crippen molar-refractivity contribution in [2.45, 2.75) is 144 Å².